The van der Waals surface area contributed by atoms with Gasteiger partial charge in [-0.2, -0.15) is 5.10 Å². The highest BCUT2D eigenvalue weighted by molar-refractivity contribution is 5.83. The second-order valence-corrected chi connectivity index (χ2v) is 7.67. The van der Waals surface area contributed by atoms with E-state index in [9.17, 15) is 14.4 Å². The van der Waals surface area contributed by atoms with Crippen molar-refractivity contribution in [2.24, 2.45) is 0 Å². The van der Waals surface area contributed by atoms with Crippen LogP contribution in [0.4, 0.5) is 0 Å². The first-order valence-corrected chi connectivity index (χ1v) is 10.7. The van der Waals surface area contributed by atoms with Crippen molar-refractivity contribution in [3.63, 3.8) is 0 Å². The SMILES string of the molecule is CCN(CC)C(=O)CN1CCCN(C(=O)Cn2nc(C)c3ccccc3c2=O)CC1. The van der Waals surface area contributed by atoms with Crippen LogP contribution in [0.1, 0.15) is 26.0 Å². The van der Waals surface area contributed by atoms with Crippen molar-refractivity contribution in [3.05, 3.63) is 40.3 Å². The Kier molecular flexibility index (Phi) is 7.20. The van der Waals surface area contributed by atoms with E-state index in [1.54, 1.807) is 11.0 Å². The summed E-state index contributed by atoms with van der Waals surface area (Å²) in [6.07, 6.45) is 0.802. The molecule has 1 aliphatic heterocycles. The Morgan fingerprint density at radius 2 is 1.70 bits per heavy atom. The fourth-order valence-electron chi connectivity index (χ4n) is 3.99. The fourth-order valence-corrected chi connectivity index (χ4v) is 3.99. The summed E-state index contributed by atoms with van der Waals surface area (Å²) in [5.74, 6) is 0.0124. The van der Waals surface area contributed by atoms with E-state index in [0.717, 1.165) is 24.0 Å². The van der Waals surface area contributed by atoms with E-state index >= 15 is 0 Å². The van der Waals surface area contributed by atoms with Crippen LogP contribution in [0.3, 0.4) is 0 Å². The average molecular weight is 414 g/mol. The van der Waals surface area contributed by atoms with Gasteiger partial charge in [-0.3, -0.25) is 19.3 Å². The van der Waals surface area contributed by atoms with Crippen molar-refractivity contribution < 1.29 is 9.59 Å². The second kappa shape index (κ2) is 9.84. The van der Waals surface area contributed by atoms with E-state index in [2.05, 4.69) is 10.00 Å². The lowest BCUT2D eigenvalue weighted by molar-refractivity contribution is -0.132. The number of rotatable bonds is 6. The third-order valence-corrected chi connectivity index (χ3v) is 5.75. The molecule has 3 rings (SSSR count). The van der Waals surface area contributed by atoms with Crippen molar-refractivity contribution in [3.8, 4) is 0 Å². The number of hydrogen-bond acceptors (Lipinski definition) is 5. The summed E-state index contributed by atoms with van der Waals surface area (Å²) in [6, 6.07) is 7.33. The number of carbonyl (C=O) groups excluding carboxylic acids is 2. The molecule has 1 fully saturated rings. The molecule has 2 amide bonds. The fraction of sp³-hybridized carbons (Fsp3) is 0.545. The third kappa shape index (κ3) is 4.87. The molecule has 0 spiro atoms. The molecule has 30 heavy (non-hydrogen) atoms. The van der Waals surface area contributed by atoms with Gasteiger partial charge in [-0.05, 0) is 33.3 Å². The van der Waals surface area contributed by atoms with Gasteiger partial charge in [0.25, 0.3) is 5.56 Å². The summed E-state index contributed by atoms with van der Waals surface area (Å²) >= 11 is 0. The van der Waals surface area contributed by atoms with Gasteiger partial charge < -0.3 is 9.80 Å². The molecule has 0 aliphatic carbocycles. The topological polar surface area (TPSA) is 78.8 Å². The number of aryl methyl sites for hydroxylation is 1. The summed E-state index contributed by atoms with van der Waals surface area (Å²) in [5.41, 5.74) is 0.487. The van der Waals surface area contributed by atoms with E-state index in [0.29, 0.717) is 44.7 Å². The molecule has 1 aromatic carbocycles. The molecule has 2 aromatic rings. The monoisotopic (exact) mass is 413 g/mol. The molecule has 8 nitrogen and oxygen atoms in total. The molecule has 162 valence electrons. The van der Waals surface area contributed by atoms with Crippen LogP contribution >= 0.6 is 0 Å². The van der Waals surface area contributed by atoms with Crippen LogP contribution in [0.2, 0.25) is 0 Å². The number of fused-ring (bicyclic) bond motifs is 1. The number of carbonyl (C=O) groups is 2. The van der Waals surface area contributed by atoms with Gasteiger partial charge in [0, 0.05) is 44.7 Å². The lowest BCUT2D eigenvalue weighted by atomic mass is 10.1. The Bertz CT molecular complexity index is 967. The number of likely N-dealkylation sites (N-methyl/N-ethyl adjacent to an activating group) is 1. The molecule has 1 aliphatic rings. The highest BCUT2D eigenvalue weighted by atomic mass is 16.2. The Morgan fingerprint density at radius 1 is 1.00 bits per heavy atom. The van der Waals surface area contributed by atoms with Crippen LogP contribution in [-0.2, 0) is 16.1 Å². The maximum Gasteiger partial charge on any atom is 0.275 e. The minimum atomic E-state index is -0.245. The first-order valence-electron chi connectivity index (χ1n) is 10.7. The molecule has 8 heteroatoms. The minimum absolute atomic E-state index is 0.0666. The quantitative estimate of drug-likeness (QED) is 0.709. The van der Waals surface area contributed by atoms with Crippen LogP contribution in [0, 0.1) is 6.92 Å². The van der Waals surface area contributed by atoms with Gasteiger partial charge in [-0.15, -0.1) is 0 Å². The number of benzene rings is 1. The molecule has 2 heterocycles. The van der Waals surface area contributed by atoms with Crippen LogP contribution in [0.25, 0.3) is 10.8 Å². The molecule has 0 radical (unpaired) electrons. The molecule has 0 atom stereocenters. The summed E-state index contributed by atoms with van der Waals surface area (Å²) in [4.78, 5) is 43.7. The Labute approximate surface area is 177 Å². The maximum atomic E-state index is 12.9. The summed E-state index contributed by atoms with van der Waals surface area (Å²) in [7, 11) is 0. The largest absolute Gasteiger partial charge is 0.342 e. The first-order chi connectivity index (χ1) is 14.4. The summed E-state index contributed by atoms with van der Waals surface area (Å²) < 4.78 is 1.27. The molecular weight excluding hydrogens is 382 g/mol. The lowest BCUT2D eigenvalue weighted by Crippen LogP contribution is -2.42. The van der Waals surface area contributed by atoms with Gasteiger partial charge in [0.15, 0.2) is 0 Å². The van der Waals surface area contributed by atoms with Gasteiger partial charge in [-0.1, -0.05) is 18.2 Å². The molecule has 1 saturated heterocycles. The molecule has 1 aromatic heterocycles. The predicted octanol–water partition coefficient (Wildman–Crippen LogP) is 1.11. The Hall–Kier alpha value is -2.74. The highest BCUT2D eigenvalue weighted by Crippen LogP contribution is 2.12. The van der Waals surface area contributed by atoms with Crippen LogP contribution in [-0.4, -0.2) is 82.1 Å². The van der Waals surface area contributed by atoms with E-state index in [1.165, 1.54) is 4.68 Å². The van der Waals surface area contributed by atoms with Crippen molar-refractivity contribution in [1.29, 1.82) is 0 Å². The highest BCUT2D eigenvalue weighted by Gasteiger charge is 2.22. The van der Waals surface area contributed by atoms with Gasteiger partial charge >= 0.3 is 0 Å². The van der Waals surface area contributed by atoms with Gasteiger partial charge in [0.2, 0.25) is 11.8 Å². The number of amides is 2. The van der Waals surface area contributed by atoms with Crippen molar-refractivity contribution in [1.82, 2.24) is 24.5 Å². The zero-order valence-corrected chi connectivity index (χ0v) is 18.1. The molecular formula is C22H31N5O3. The van der Waals surface area contributed by atoms with E-state index in [-0.39, 0.29) is 23.9 Å². The standard InChI is InChI=1S/C22H31N5O3/c1-4-25(5-2)20(28)15-24-11-8-12-26(14-13-24)21(29)16-27-22(30)19-10-7-6-9-18(19)17(3)23-27/h6-7,9-10H,4-5,8,11-16H2,1-3H3. The maximum absolute atomic E-state index is 12.9. The number of hydrogen-bond donors (Lipinski definition) is 0. The normalized spacial score (nSPS) is 15.2. The smallest absolute Gasteiger partial charge is 0.275 e. The minimum Gasteiger partial charge on any atom is -0.342 e. The second-order valence-electron chi connectivity index (χ2n) is 7.67. The zero-order chi connectivity index (χ0) is 21.7. The molecule has 0 bridgehead atoms. The third-order valence-electron chi connectivity index (χ3n) is 5.75. The molecule has 0 unspecified atom stereocenters. The van der Waals surface area contributed by atoms with Gasteiger partial charge in [0.1, 0.15) is 6.54 Å². The molecule has 0 N–H and O–H groups in total. The molecule has 0 saturated carbocycles. The van der Waals surface area contributed by atoms with Crippen LogP contribution in [0.5, 0.6) is 0 Å². The first kappa shape index (κ1) is 22.0. The van der Waals surface area contributed by atoms with Crippen molar-refractivity contribution in [2.45, 2.75) is 33.7 Å². The summed E-state index contributed by atoms with van der Waals surface area (Å²) in [5, 5.41) is 5.74. The zero-order valence-electron chi connectivity index (χ0n) is 18.1. The number of aromatic nitrogens is 2. The number of nitrogens with zero attached hydrogens (tertiary/aromatic N) is 5. The Morgan fingerprint density at radius 3 is 2.40 bits per heavy atom. The van der Waals surface area contributed by atoms with Crippen LogP contribution < -0.4 is 5.56 Å². The summed E-state index contributed by atoms with van der Waals surface area (Å²) in [6.45, 7) is 10.1. The van der Waals surface area contributed by atoms with E-state index in [1.807, 2.05) is 43.9 Å². The van der Waals surface area contributed by atoms with Crippen molar-refractivity contribution in [2.75, 3.05) is 45.8 Å². The van der Waals surface area contributed by atoms with Gasteiger partial charge in [0.05, 0.1) is 17.6 Å². The van der Waals surface area contributed by atoms with Gasteiger partial charge in [-0.25, -0.2) is 4.68 Å². The average Bonchev–Trinajstić information content (AvgIpc) is 2.98. The lowest BCUT2D eigenvalue weighted by Gasteiger charge is -2.25. The van der Waals surface area contributed by atoms with Crippen LogP contribution in [0.15, 0.2) is 29.1 Å². The van der Waals surface area contributed by atoms with E-state index < -0.39 is 0 Å². The predicted molar refractivity (Wildman–Crippen MR) is 116 cm³/mol. The van der Waals surface area contributed by atoms with Crippen molar-refractivity contribution >= 4 is 22.6 Å². The van der Waals surface area contributed by atoms with E-state index in [4.69, 9.17) is 0 Å². The Balaban J connectivity index is 1.64.